The van der Waals surface area contributed by atoms with Crippen molar-refractivity contribution in [1.82, 2.24) is 9.80 Å². The first-order valence-electron chi connectivity index (χ1n) is 9.50. The van der Waals surface area contributed by atoms with Crippen LogP contribution in [0.15, 0.2) is 17.1 Å². The standard InChI is InChI=1S/C20H32N4O5/c1-20(2,3)29-19(25)24-9-7-23(8-10-24)18(21)22-13-14-11-15(26-4)17(28-6)16(12-14)27-5/h11-12H,7-10,13H2,1-6H3,(H2,21,22). The van der Waals surface area contributed by atoms with E-state index in [1.807, 2.05) is 37.8 Å². The normalized spacial score (nSPS) is 15.2. The number of aliphatic imine (C=N–C) groups is 1. The van der Waals surface area contributed by atoms with Crippen LogP contribution in [-0.2, 0) is 11.3 Å². The van der Waals surface area contributed by atoms with E-state index in [9.17, 15) is 4.79 Å². The second-order valence-electron chi connectivity index (χ2n) is 7.66. The molecule has 1 heterocycles. The number of amides is 1. The van der Waals surface area contributed by atoms with Crippen LogP contribution in [0, 0.1) is 0 Å². The highest BCUT2D eigenvalue weighted by Gasteiger charge is 2.26. The number of carbonyl (C=O) groups is 1. The van der Waals surface area contributed by atoms with Gasteiger partial charge in [-0.2, -0.15) is 0 Å². The molecule has 1 aliphatic heterocycles. The van der Waals surface area contributed by atoms with Gasteiger partial charge in [0.05, 0.1) is 27.9 Å². The number of hydrogen-bond donors (Lipinski definition) is 1. The Morgan fingerprint density at radius 3 is 1.97 bits per heavy atom. The molecule has 1 aromatic carbocycles. The third-order valence-electron chi connectivity index (χ3n) is 4.40. The van der Waals surface area contributed by atoms with Crippen molar-refractivity contribution in [2.24, 2.45) is 10.7 Å². The molecule has 1 fully saturated rings. The van der Waals surface area contributed by atoms with Crippen LogP contribution in [0.25, 0.3) is 0 Å². The SMILES string of the molecule is COc1cc(CN=C(N)N2CCN(C(=O)OC(C)(C)C)CC2)cc(OC)c1OC. The highest BCUT2D eigenvalue weighted by Crippen LogP contribution is 2.38. The molecule has 1 amide bonds. The molecule has 1 aliphatic rings. The summed E-state index contributed by atoms with van der Waals surface area (Å²) in [6.45, 7) is 8.21. The molecule has 0 radical (unpaired) electrons. The highest BCUT2D eigenvalue weighted by molar-refractivity contribution is 5.78. The average molecular weight is 408 g/mol. The van der Waals surface area contributed by atoms with Gasteiger partial charge in [-0.1, -0.05) is 0 Å². The van der Waals surface area contributed by atoms with Crippen LogP contribution in [-0.4, -0.2) is 75.0 Å². The summed E-state index contributed by atoms with van der Waals surface area (Å²) in [6, 6.07) is 3.69. The predicted octanol–water partition coefficient (Wildman–Crippen LogP) is 2.08. The molecule has 0 saturated carbocycles. The highest BCUT2D eigenvalue weighted by atomic mass is 16.6. The van der Waals surface area contributed by atoms with Gasteiger partial charge in [0.15, 0.2) is 17.5 Å². The lowest BCUT2D eigenvalue weighted by Crippen LogP contribution is -2.53. The van der Waals surface area contributed by atoms with E-state index in [0.29, 0.717) is 55.9 Å². The summed E-state index contributed by atoms with van der Waals surface area (Å²) in [6.07, 6.45) is -0.301. The Hall–Kier alpha value is -2.84. The zero-order valence-corrected chi connectivity index (χ0v) is 18.2. The smallest absolute Gasteiger partial charge is 0.410 e. The Morgan fingerprint density at radius 2 is 1.52 bits per heavy atom. The van der Waals surface area contributed by atoms with E-state index >= 15 is 0 Å². The van der Waals surface area contributed by atoms with Gasteiger partial charge >= 0.3 is 6.09 Å². The third kappa shape index (κ3) is 6.07. The molecule has 0 unspecified atom stereocenters. The number of benzene rings is 1. The van der Waals surface area contributed by atoms with Gasteiger partial charge in [-0.3, -0.25) is 0 Å². The number of nitrogens with zero attached hydrogens (tertiary/aromatic N) is 3. The second-order valence-corrected chi connectivity index (χ2v) is 7.66. The van der Waals surface area contributed by atoms with E-state index in [1.165, 1.54) is 0 Å². The first-order valence-corrected chi connectivity index (χ1v) is 9.50. The molecule has 0 atom stereocenters. The van der Waals surface area contributed by atoms with Gasteiger partial charge in [0, 0.05) is 26.2 Å². The Morgan fingerprint density at radius 1 is 1.00 bits per heavy atom. The number of rotatable bonds is 5. The van der Waals surface area contributed by atoms with Crippen molar-refractivity contribution in [3.05, 3.63) is 17.7 Å². The van der Waals surface area contributed by atoms with Crippen LogP contribution in [0.5, 0.6) is 17.2 Å². The molecule has 1 aromatic rings. The maximum Gasteiger partial charge on any atom is 0.410 e. The predicted molar refractivity (Wildman–Crippen MR) is 111 cm³/mol. The molecule has 0 aromatic heterocycles. The van der Waals surface area contributed by atoms with E-state index in [0.717, 1.165) is 5.56 Å². The lowest BCUT2D eigenvalue weighted by molar-refractivity contribution is 0.0186. The minimum absolute atomic E-state index is 0.301. The van der Waals surface area contributed by atoms with Crippen molar-refractivity contribution in [2.45, 2.75) is 32.9 Å². The molecule has 29 heavy (non-hydrogen) atoms. The Bertz CT molecular complexity index is 712. The number of ether oxygens (including phenoxy) is 4. The molecule has 1 saturated heterocycles. The van der Waals surface area contributed by atoms with E-state index in [2.05, 4.69) is 4.99 Å². The summed E-state index contributed by atoms with van der Waals surface area (Å²) < 4.78 is 21.5. The molecule has 9 nitrogen and oxygen atoms in total. The number of guanidine groups is 1. The van der Waals surface area contributed by atoms with Crippen molar-refractivity contribution >= 4 is 12.1 Å². The summed E-state index contributed by atoms with van der Waals surface area (Å²) in [7, 11) is 4.71. The minimum Gasteiger partial charge on any atom is -0.493 e. The van der Waals surface area contributed by atoms with Crippen LogP contribution in [0.4, 0.5) is 4.79 Å². The summed E-state index contributed by atoms with van der Waals surface area (Å²) in [4.78, 5) is 20.3. The van der Waals surface area contributed by atoms with Crippen LogP contribution >= 0.6 is 0 Å². The Kier molecular flexibility index (Phi) is 7.41. The molecule has 0 spiro atoms. The van der Waals surface area contributed by atoms with Crippen molar-refractivity contribution in [3.8, 4) is 17.2 Å². The summed E-state index contributed by atoms with van der Waals surface area (Å²) in [5.41, 5.74) is 6.55. The zero-order chi connectivity index (χ0) is 21.6. The first-order chi connectivity index (χ1) is 13.7. The van der Waals surface area contributed by atoms with Gasteiger partial charge in [0.1, 0.15) is 5.60 Å². The van der Waals surface area contributed by atoms with Crippen LogP contribution < -0.4 is 19.9 Å². The summed E-state index contributed by atoms with van der Waals surface area (Å²) in [5.74, 6) is 2.11. The van der Waals surface area contributed by atoms with Crippen molar-refractivity contribution < 1.29 is 23.7 Å². The molecular formula is C20H32N4O5. The molecule has 2 N–H and O–H groups in total. The molecule has 2 rings (SSSR count). The molecule has 9 heteroatoms. The van der Waals surface area contributed by atoms with Gasteiger partial charge < -0.3 is 34.5 Å². The lowest BCUT2D eigenvalue weighted by atomic mass is 10.2. The van der Waals surface area contributed by atoms with Gasteiger partial charge in [-0.25, -0.2) is 9.79 Å². The minimum atomic E-state index is -0.505. The Labute approximate surface area is 172 Å². The van der Waals surface area contributed by atoms with E-state index < -0.39 is 5.60 Å². The fourth-order valence-electron chi connectivity index (χ4n) is 2.94. The van der Waals surface area contributed by atoms with Crippen LogP contribution in [0.1, 0.15) is 26.3 Å². The van der Waals surface area contributed by atoms with Crippen molar-refractivity contribution in [1.29, 1.82) is 0 Å². The van der Waals surface area contributed by atoms with E-state index in [4.69, 9.17) is 24.7 Å². The van der Waals surface area contributed by atoms with E-state index in [1.54, 1.807) is 26.2 Å². The molecular weight excluding hydrogens is 376 g/mol. The molecule has 0 bridgehead atoms. The topological polar surface area (TPSA) is 98.9 Å². The number of methoxy groups -OCH3 is 3. The largest absolute Gasteiger partial charge is 0.493 e. The van der Waals surface area contributed by atoms with Crippen molar-refractivity contribution in [3.63, 3.8) is 0 Å². The Balaban J connectivity index is 1.98. The maximum atomic E-state index is 12.2. The summed E-state index contributed by atoms with van der Waals surface area (Å²) >= 11 is 0. The van der Waals surface area contributed by atoms with Gasteiger partial charge in [-0.15, -0.1) is 0 Å². The number of piperazine rings is 1. The monoisotopic (exact) mass is 408 g/mol. The zero-order valence-electron chi connectivity index (χ0n) is 18.2. The van der Waals surface area contributed by atoms with E-state index in [-0.39, 0.29) is 6.09 Å². The number of nitrogens with two attached hydrogens (primary N) is 1. The van der Waals surface area contributed by atoms with Crippen molar-refractivity contribution in [2.75, 3.05) is 47.5 Å². The first kappa shape index (κ1) is 22.4. The lowest BCUT2D eigenvalue weighted by Gasteiger charge is -2.36. The van der Waals surface area contributed by atoms with Gasteiger partial charge in [-0.05, 0) is 38.5 Å². The summed E-state index contributed by atoms with van der Waals surface area (Å²) in [5, 5.41) is 0. The molecule has 162 valence electrons. The van der Waals surface area contributed by atoms with Gasteiger partial charge in [0.2, 0.25) is 5.75 Å². The number of carbonyl (C=O) groups excluding carboxylic acids is 1. The fourth-order valence-corrected chi connectivity index (χ4v) is 2.94. The fraction of sp³-hybridized carbons (Fsp3) is 0.600. The second kappa shape index (κ2) is 9.58. The number of hydrogen-bond acceptors (Lipinski definition) is 6. The van der Waals surface area contributed by atoms with Gasteiger partial charge in [0.25, 0.3) is 0 Å². The van der Waals surface area contributed by atoms with Crippen LogP contribution in [0.2, 0.25) is 0 Å². The van der Waals surface area contributed by atoms with Crippen LogP contribution in [0.3, 0.4) is 0 Å². The average Bonchev–Trinajstić information content (AvgIpc) is 2.69. The molecule has 0 aliphatic carbocycles. The third-order valence-corrected chi connectivity index (χ3v) is 4.40. The quantitative estimate of drug-likeness (QED) is 0.588. The maximum absolute atomic E-state index is 12.2.